The molecule has 1 saturated carbocycles. The fourth-order valence-electron chi connectivity index (χ4n) is 3.63. The molecule has 2 aliphatic rings. The number of nitrogens with one attached hydrogen (secondary N) is 2. The van der Waals surface area contributed by atoms with E-state index in [0.717, 1.165) is 0 Å². The minimum Gasteiger partial charge on any atom is -0.481 e. The van der Waals surface area contributed by atoms with Crippen LogP contribution in [-0.4, -0.2) is 22.9 Å². The highest BCUT2D eigenvalue weighted by Gasteiger charge is 2.51. The van der Waals surface area contributed by atoms with Crippen molar-refractivity contribution >= 4 is 40.8 Å². The lowest BCUT2D eigenvalue weighted by Crippen LogP contribution is -2.36. The molecule has 1 aromatic carbocycles. The van der Waals surface area contributed by atoms with Crippen molar-refractivity contribution in [1.82, 2.24) is 0 Å². The third-order valence-corrected chi connectivity index (χ3v) is 4.92. The molecule has 0 radical (unpaired) electrons. The van der Waals surface area contributed by atoms with Crippen molar-refractivity contribution in [2.24, 2.45) is 23.7 Å². The monoisotopic (exact) mass is 348 g/mol. The maximum Gasteiger partial charge on any atom is 0.307 e. The summed E-state index contributed by atoms with van der Waals surface area (Å²) in [4.78, 5) is 35.3. The number of aliphatic carboxylic acids is 1. The van der Waals surface area contributed by atoms with Crippen molar-refractivity contribution < 1.29 is 19.5 Å². The molecule has 2 aliphatic carbocycles. The Hall–Kier alpha value is -2.34. The van der Waals surface area contributed by atoms with E-state index in [1.54, 1.807) is 18.2 Å². The molecule has 0 aliphatic heterocycles. The van der Waals surface area contributed by atoms with E-state index in [1.165, 1.54) is 6.92 Å². The third-order valence-electron chi connectivity index (χ3n) is 4.59. The first-order chi connectivity index (χ1) is 11.4. The van der Waals surface area contributed by atoms with E-state index in [2.05, 4.69) is 10.6 Å². The van der Waals surface area contributed by atoms with E-state index < -0.39 is 17.8 Å². The fraction of sp³-hybridized carbons (Fsp3) is 0.353. The Balaban J connectivity index is 1.79. The van der Waals surface area contributed by atoms with Crippen LogP contribution in [0.15, 0.2) is 30.4 Å². The third kappa shape index (κ3) is 3.01. The van der Waals surface area contributed by atoms with Gasteiger partial charge in [0.1, 0.15) is 0 Å². The molecule has 2 amide bonds. The van der Waals surface area contributed by atoms with Crippen LogP contribution in [-0.2, 0) is 14.4 Å². The highest BCUT2D eigenvalue weighted by Crippen LogP contribution is 2.48. The van der Waals surface area contributed by atoms with Gasteiger partial charge < -0.3 is 15.7 Å². The number of anilines is 2. The van der Waals surface area contributed by atoms with Crippen LogP contribution in [0.25, 0.3) is 0 Å². The van der Waals surface area contributed by atoms with Crippen molar-refractivity contribution in [2.45, 2.75) is 13.3 Å². The minimum absolute atomic E-state index is 0.0433. The summed E-state index contributed by atoms with van der Waals surface area (Å²) in [5, 5.41) is 15.1. The molecule has 0 unspecified atom stereocenters. The summed E-state index contributed by atoms with van der Waals surface area (Å²) in [6, 6.07) is 4.74. The average Bonchev–Trinajstić information content (AvgIpc) is 3.10. The number of allylic oxidation sites excluding steroid dienone is 2. The lowest BCUT2D eigenvalue weighted by molar-refractivity contribution is -0.146. The van der Waals surface area contributed by atoms with Gasteiger partial charge >= 0.3 is 5.97 Å². The Bertz CT molecular complexity index is 746. The number of hydrogen-bond acceptors (Lipinski definition) is 3. The van der Waals surface area contributed by atoms with Crippen LogP contribution in [0.3, 0.4) is 0 Å². The van der Waals surface area contributed by atoms with E-state index in [4.69, 9.17) is 11.6 Å². The van der Waals surface area contributed by atoms with Gasteiger partial charge in [-0.3, -0.25) is 14.4 Å². The van der Waals surface area contributed by atoms with Gasteiger partial charge in [-0.2, -0.15) is 0 Å². The van der Waals surface area contributed by atoms with E-state index in [9.17, 15) is 19.5 Å². The first-order valence-electron chi connectivity index (χ1n) is 7.66. The van der Waals surface area contributed by atoms with Gasteiger partial charge in [-0.25, -0.2) is 0 Å². The topological polar surface area (TPSA) is 95.5 Å². The normalized spacial score (nSPS) is 27.1. The highest BCUT2D eigenvalue weighted by atomic mass is 35.5. The molecule has 1 fully saturated rings. The van der Waals surface area contributed by atoms with Crippen molar-refractivity contribution in [2.75, 3.05) is 10.6 Å². The lowest BCUT2D eigenvalue weighted by Gasteiger charge is -2.24. The second-order valence-corrected chi connectivity index (χ2v) is 6.61. The number of halogens is 1. The summed E-state index contributed by atoms with van der Waals surface area (Å²) in [6.07, 6.45) is 4.52. The van der Waals surface area contributed by atoms with Gasteiger partial charge in [-0.15, -0.1) is 0 Å². The summed E-state index contributed by atoms with van der Waals surface area (Å²) in [6.45, 7) is 1.36. The summed E-state index contributed by atoms with van der Waals surface area (Å²) in [5.41, 5.74) is 0.855. The number of carbonyl (C=O) groups is 3. The number of rotatable bonds is 4. The largest absolute Gasteiger partial charge is 0.481 e. The van der Waals surface area contributed by atoms with Gasteiger partial charge in [-0.1, -0.05) is 23.8 Å². The van der Waals surface area contributed by atoms with E-state index >= 15 is 0 Å². The molecule has 6 nitrogen and oxygen atoms in total. The quantitative estimate of drug-likeness (QED) is 0.729. The molecule has 0 saturated heterocycles. The Labute approximate surface area is 143 Å². The number of carbonyl (C=O) groups excluding carboxylic acids is 2. The van der Waals surface area contributed by atoms with Crippen LogP contribution in [0.1, 0.15) is 13.3 Å². The van der Waals surface area contributed by atoms with Gasteiger partial charge in [0.25, 0.3) is 0 Å². The van der Waals surface area contributed by atoms with Gasteiger partial charge in [0.05, 0.1) is 22.5 Å². The highest BCUT2D eigenvalue weighted by molar-refractivity contribution is 6.33. The Morgan fingerprint density at radius 2 is 1.79 bits per heavy atom. The zero-order chi connectivity index (χ0) is 17.4. The van der Waals surface area contributed by atoms with E-state index in [1.807, 2.05) is 12.2 Å². The molecule has 24 heavy (non-hydrogen) atoms. The molecule has 3 rings (SSSR count). The smallest absolute Gasteiger partial charge is 0.307 e. The van der Waals surface area contributed by atoms with Crippen molar-refractivity contribution in [3.05, 3.63) is 35.4 Å². The molecular weight excluding hydrogens is 332 g/mol. The SMILES string of the molecule is CC(=O)Nc1cc(NC(=O)[C@@H]2[C@@H](C(=O)O)[C@H]3C=C[C@@H]2C3)ccc1Cl. The Kier molecular flexibility index (Phi) is 4.32. The van der Waals surface area contributed by atoms with Crippen LogP contribution in [0.5, 0.6) is 0 Å². The number of carboxylic acid groups (broad SMARTS) is 1. The van der Waals surface area contributed by atoms with E-state index in [0.29, 0.717) is 22.8 Å². The van der Waals surface area contributed by atoms with Gasteiger partial charge in [0.2, 0.25) is 11.8 Å². The van der Waals surface area contributed by atoms with Crippen LogP contribution < -0.4 is 10.6 Å². The van der Waals surface area contributed by atoms with Gasteiger partial charge in [0.15, 0.2) is 0 Å². The van der Waals surface area contributed by atoms with Crippen LogP contribution in [0.4, 0.5) is 11.4 Å². The Morgan fingerprint density at radius 1 is 1.12 bits per heavy atom. The molecule has 4 atom stereocenters. The molecule has 1 aromatic rings. The Morgan fingerprint density at radius 3 is 2.42 bits per heavy atom. The maximum atomic E-state index is 12.6. The fourth-order valence-corrected chi connectivity index (χ4v) is 3.80. The molecule has 0 heterocycles. The summed E-state index contributed by atoms with van der Waals surface area (Å²) < 4.78 is 0. The van der Waals surface area contributed by atoms with Crippen molar-refractivity contribution in [1.29, 1.82) is 0 Å². The second kappa shape index (κ2) is 6.28. The second-order valence-electron chi connectivity index (χ2n) is 6.20. The summed E-state index contributed by atoms with van der Waals surface area (Å²) in [5.74, 6) is -2.94. The number of benzene rings is 1. The first-order valence-corrected chi connectivity index (χ1v) is 8.03. The predicted octanol–water partition coefficient (Wildman–Crippen LogP) is 2.76. The molecular formula is C17H17ClN2O4. The van der Waals surface area contributed by atoms with E-state index in [-0.39, 0.29) is 23.7 Å². The predicted molar refractivity (Wildman–Crippen MR) is 89.7 cm³/mol. The maximum absolute atomic E-state index is 12.6. The van der Waals surface area contributed by atoms with Gasteiger partial charge in [-0.05, 0) is 36.5 Å². The minimum atomic E-state index is -0.943. The van der Waals surface area contributed by atoms with Crippen molar-refractivity contribution in [3.8, 4) is 0 Å². The molecule has 126 valence electrons. The van der Waals surface area contributed by atoms with Gasteiger partial charge in [0, 0.05) is 12.6 Å². The van der Waals surface area contributed by atoms with Crippen LogP contribution in [0, 0.1) is 23.7 Å². The summed E-state index contributed by atoms with van der Waals surface area (Å²) in [7, 11) is 0. The first kappa shape index (κ1) is 16.5. The molecule has 0 spiro atoms. The zero-order valence-electron chi connectivity index (χ0n) is 13.0. The van der Waals surface area contributed by atoms with Crippen LogP contribution >= 0.6 is 11.6 Å². The van der Waals surface area contributed by atoms with Crippen LogP contribution in [0.2, 0.25) is 5.02 Å². The zero-order valence-corrected chi connectivity index (χ0v) is 13.7. The number of carboxylic acids is 1. The van der Waals surface area contributed by atoms with Crippen molar-refractivity contribution in [3.63, 3.8) is 0 Å². The molecule has 2 bridgehead atoms. The summed E-state index contributed by atoms with van der Waals surface area (Å²) >= 11 is 6.01. The number of amides is 2. The molecule has 7 heteroatoms. The average molecular weight is 349 g/mol. The molecule has 0 aromatic heterocycles. The standard InChI is InChI=1S/C17H17ClN2O4/c1-8(21)19-13-7-11(4-5-12(13)18)20-16(22)14-9-2-3-10(6-9)15(14)17(23)24/h2-5,7,9-10,14-15H,6H2,1H3,(H,19,21)(H,20,22)(H,23,24)/t9-,10+,14+,15+/m1/s1. The molecule has 3 N–H and O–H groups in total. The lowest BCUT2D eigenvalue weighted by atomic mass is 9.82. The number of hydrogen-bond donors (Lipinski definition) is 3. The number of fused-ring (bicyclic) bond motifs is 2.